The highest BCUT2D eigenvalue weighted by Crippen LogP contribution is 2.20. The third kappa shape index (κ3) is 5.47. The first-order valence-electron chi connectivity index (χ1n) is 5.54. The van der Waals surface area contributed by atoms with E-state index >= 15 is 0 Å². The van der Waals surface area contributed by atoms with Gasteiger partial charge in [0.05, 0.1) is 6.17 Å². The van der Waals surface area contributed by atoms with Gasteiger partial charge in [0.15, 0.2) is 0 Å². The molecule has 1 unspecified atom stereocenters. The van der Waals surface area contributed by atoms with Crippen molar-refractivity contribution in [3.05, 3.63) is 0 Å². The van der Waals surface area contributed by atoms with Gasteiger partial charge in [-0.15, -0.1) is 0 Å². The van der Waals surface area contributed by atoms with Crippen molar-refractivity contribution >= 4 is 0 Å². The Morgan fingerprint density at radius 2 is 2.00 bits per heavy atom. The normalized spacial score (nSPS) is 14.6. The second kappa shape index (κ2) is 7.17. The van der Waals surface area contributed by atoms with E-state index in [2.05, 4.69) is 38.2 Å². The van der Waals surface area contributed by atoms with Gasteiger partial charge in [0.2, 0.25) is 0 Å². The molecule has 3 N–H and O–H groups in total. The Kier molecular flexibility index (Phi) is 7.09. The molecule has 15 heavy (non-hydrogen) atoms. The lowest BCUT2D eigenvalue weighted by atomic mass is 9.89. The average Bonchev–Trinajstić information content (AvgIpc) is 2.16. The van der Waals surface area contributed by atoms with Crippen LogP contribution in [0.4, 0.5) is 0 Å². The summed E-state index contributed by atoms with van der Waals surface area (Å²) in [7, 11) is 5.88. The second-order valence-corrected chi connectivity index (χ2v) is 4.86. The highest BCUT2D eigenvalue weighted by molar-refractivity contribution is 4.82. The Labute approximate surface area is 94.2 Å². The van der Waals surface area contributed by atoms with Gasteiger partial charge in [-0.1, -0.05) is 13.8 Å². The number of nitrogens with zero attached hydrogens (tertiary/aromatic N) is 1. The van der Waals surface area contributed by atoms with Crippen LogP contribution in [0.2, 0.25) is 0 Å². The molecule has 0 aromatic carbocycles. The summed E-state index contributed by atoms with van der Waals surface area (Å²) in [6.07, 6.45) is 1.33. The van der Waals surface area contributed by atoms with E-state index in [0.717, 1.165) is 19.6 Å². The molecule has 0 aromatic rings. The fourth-order valence-electron chi connectivity index (χ4n) is 1.72. The molecule has 4 heteroatoms. The van der Waals surface area contributed by atoms with Crippen LogP contribution in [0, 0.1) is 5.41 Å². The SMILES string of the molecule is COCCCNC(N(C)C)C(C)(C)CN. The smallest absolute Gasteiger partial charge is 0.0657 e. The minimum Gasteiger partial charge on any atom is -0.385 e. The van der Waals surface area contributed by atoms with Crippen LogP contribution in [0.3, 0.4) is 0 Å². The van der Waals surface area contributed by atoms with Crippen molar-refractivity contribution in [2.24, 2.45) is 11.1 Å². The average molecular weight is 217 g/mol. The molecule has 0 aromatic heterocycles. The van der Waals surface area contributed by atoms with Gasteiger partial charge in [-0.3, -0.25) is 4.90 Å². The topological polar surface area (TPSA) is 50.5 Å². The van der Waals surface area contributed by atoms with Crippen LogP contribution in [0.15, 0.2) is 0 Å². The Bertz CT molecular complexity index is 160. The lowest BCUT2D eigenvalue weighted by Gasteiger charge is -2.38. The number of rotatable bonds is 8. The Hall–Kier alpha value is -0.160. The number of ether oxygens (including phenoxy) is 1. The molecule has 1 atom stereocenters. The zero-order valence-electron chi connectivity index (χ0n) is 10.8. The van der Waals surface area contributed by atoms with Crippen LogP contribution in [-0.4, -0.2) is 52.0 Å². The number of nitrogens with two attached hydrogens (primary N) is 1. The molecule has 0 bridgehead atoms. The third-order valence-electron chi connectivity index (χ3n) is 2.65. The molecule has 4 nitrogen and oxygen atoms in total. The summed E-state index contributed by atoms with van der Waals surface area (Å²) in [6.45, 7) is 6.80. The Morgan fingerprint density at radius 3 is 2.40 bits per heavy atom. The maximum Gasteiger partial charge on any atom is 0.0657 e. The van der Waals surface area contributed by atoms with Gasteiger partial charge < -0.3 is 15.8 Å². The van der Waals surface area contributed by atoms with Crippen LogP contribution in [0.25, 0.3) is 0 Å². The van der Waals surface area contributed by atoms with Crippen LogP contribution in [0.5, 0.6) is 0 Å². The van der Waals surface area contributed by atoms with Crippen molar-refractivity contribution in [3.63, 3.8) is 0 Å². The van der Waals surface area contributed by atoms with Gasteiger partial charge in [0.25, 0.3) is 0 Å². The molecular formula is C11H27N3O. The molecule has 0 saturated carbocycles. The van der Waals surface area contributed by atoms with Gasteiger partial charge in [-0.25, -0.2) is 0 Å². The molecule has 0 rings (SSSR count). The van der Waals surface area contributed by atoms with Crippen molar-refractivity contribution in [1.82, 2.24) is 10.2 Å². The first-order chi connectivity index (χ1) is 6.95. The molecule has 0 radical (unpaired) electrons. The van der Waals surface area contributed by atoms with Crippen LogP contribution >= 0.6 is 0 Å². The van der Waals surface area contributed by atoms with E-state index in [1.807, 2.05) is 0 Å². The minimum absolute atomic E-state index is 0.0799. The largest absolute Gasteiger partial charge is 0.385 e. The monoisotopic (exact) mass is 217 g/mol. The molecule has 0 aliphatic carbocycles. The zero-order valence-corrected chi connectivity index (χ0v) is 10.8. The van der Waals surface area contributed by atoms with E-state index < -0.39 is 0 Å². The fourth-order valence-corrected chi connectivity index (χ4v) is 1.72. The molecule has 0 amide bonds. The quantitative estimate of drug-likeness (QED) is 0.459. The first kappa shape index (κ1) is 14.8. The summed E-state index contributed by atoms with van der Waals surface area (Å²) < 4.78 is 5.02. The van der Waals surface area contributed by atoms with E-state index in [-0.39, 0.29) is 5.41 Å². The molecule has 0 aliphatic rings. The minimum atomic E-state index is 0.0799. The predicted molar refractivity (Wildman–Crippen MR) is 64.8 cm³/mol. The lowest BCUT2D eigenvalue weighted by molar-refractivity contribution is 0.105. The van der Waals surface area contributed by atoms with E-state index in [1.165, 1.54) is 0 Å². The summed E-state index contributed by atoms with van der Waals surface area (Å²) >= 11 is 0. The fraction of sp³-hybridized carbons (Fsp3) is 1.00. The number of nitrogens with one attached hydrogen (secondary N) is 1. The number of methoxy groups -OCH3 is 1. The first-order valence-corrected chi connectivity index (χ1v) is 5.54. The summed E-state index contributed by atoms with van der Waals surface area (Å²) in [5, 5.41) is 3.51. The summed E-state index contributed by atoms with van der Waals surface area (Å²) in [6, 6.07) is 0. The van der Waals surface area contributed by atoms with Crippen LogP contribution in [-0.2, 0) is 4.74 Å². The van der Waals surface area contributed by atoms with Gasteiger partial charge in [0, 0.05) is 25.7 Å². The summed E-state index contributed by atoms with van der Waals surface area (Å²) in [5.74, 6) is 0. The van der Waals surface area contributed by atoms with Crippen LogP contribution < -0.4 is 11.1 Å². The number of hydrogen-bond donors (Lipinski definition) is 2. The predicted octanol–water partition coefficient (Wildman–Crippen LogP) is 0.485. The van der Waals surface area contributed by atoms with E-state index in [0.29, 0.717) is 12.7 Å². The molecule has 0 aliphatic heterocycles. The molecule has 0 saturated heterocycles. The highest BCUT2D eigenvalue weighted by Gasteiger charge is 2.29. The van der Waals surface area contributed by atoms with Crippen molar-refractivity contribution in [2.45, 2.75) is 26.4 Å². The standard InChI is InChI=1S/C11H27N3O/c1-11(2,9-12)10(14(3)4)13-7-6-8-15-5/h10,13H,6-9,12H2,1-5H3. The van der Waals surface area contributed by atoms with Gasteiger partial charge in [-0.2, -0.15) is 0 Å². The maximum absolute atomic E-state index is 5.78. The molecule has 92 valence electrons. The highest BCUT2D eigenvalue weighted by atomic mass is 16.5. The Morgan fingerprint density at radius 1 is 1.40 bits per heavy atom. The third-order valence-corrected chi connectivity index (χ3v) is 2.65. The second-order valence-electron chi connectivity index (χ2n) is 4.86. The van der Waals surface area contributed by atoms with Gasteiger partial charge >= 0.3 is 0 Å². The molecule has 0 spiro atoms. The Balaban J connectivity index is 4.06. The van der Waals surface area contributed by atoms with Crippen molar-refractivity contribution in [2.75, 3.05) is 40.9 Å². The zero-order chi connectivity index (χ0) is 11.9. The maximum atomic E-state index is 5.78. The molecule has 0 heterocycles. The number of hydrogen-bond acceptors (Lipinski definition) is 4. The van der Waals surface area contributed by atoms with E-state index in [1.54, 1.807) is 7.11 Å². The van der Waals surface area contributed by atoms with Crippen LogP contribution in [0.1, 0.15) is 20.3 Å². The van der Waals surface area contributed by atoms with E-state index in [4.69, 9.17) is 10.5 Å². The molecule has 0 fully saturated rings. The van der Waals surface area contributed by atoms with Crippen molar-refractivity contribution in [1.29, 1.82) is 0 Å². The van der Waals surface area contributed by atoms with Crippen molar-refractivity contribution < 1.29 is 4.74 Å². The lowest BCUT2D eigenvalue weighted by Crippen LogP contribution is -2.54. The van der Waals surface area contributed by atoms with E-state index in [9.17, 15) is 0 Å². The summed E-state index contributed by atoms with van der Waals surface area (Å²) in [4.78, 5) is 2.18. The summed E-state index contributed by atoms with van der Waals surface area (Å²) in [5.41, 5.74) is 5.86. The van der Waals surface area contributed by atoms with Crippen molar-refractivity contribution in [3.8, 4) is 0 Å². The van der Waals surface area contributed by atoms with Gasteiger partial charge in [-0.05, 0) is 27.1 Å². The van der Waals surface area contributed by atoms with Gasteiger partial charge in [0.1, 0.15) is 0 Å². The molecular weight excluding hydrogens is 190 g/mol.